The summed E-state index contributed by atoms with van der Waals surface area (Å²) in [5.41, 5.74) is 4.33. The van der Waals surface area contributed by atoms with Crippen molar-refractivity contribution < 1.29 is 18.0 Å². The largest absolute Gasteiger partial charge is 0.353 e. The molecule has 2 fully saturated rings. The Kier molecular flexibility index (Phi) is 8.16. The average Bonchev–Trinajstić information content (AvgIpc) is 2.90. The fourth-order valence-electron chi connectivity index (χ4n) is 6.07. The number of aryl methyl sites for hydroxylation is 2. The minimum atomic E-state index is -3.93. The highest BCUT2D eigenvalue weighted by molar-refractivity contribution is 7.89. The van der Waals surface area contributed by atoms with E-state index in [9.17, 15) is 18.0 Å². The maximum absolute atomic E-state index is 13.5. The molecule has 8 nitrogen and oxygen atoms in total. The number of nitrogens with zero attached hydrogens (tertiary/aromatic N) is 2. The lowest BCUT2D eigenvalue weighted by atomic mass is 9.86. The number of piperazine rings is 1. The molecule has 0 spiro atoms. The molecule has 5 rings (SSSR count). The number of piperidine rings is 1. The molecule has 2 heterocycles. The van der Waals surface area contributed by atoms with Gasteiger partial charge in [0.05, 0.1) is 17.4 Å². The molecule has 0 bridgehead atoms. The molecule has 2 saturated heterocycles. The number of hydrogen-bond acceptors (Lipinski definition) is 5. The van der Waals surface area contributed by atoms with Crippen LogP contribution in [-0.2, 0) is 32.6 Å². The van der Waals surface area contributed by atoms with Crippen molar-refractivity contribution in [3.8, 4) is 0 Å². The van der Waals surface area contributed by atoms with Gasteiger partial charge in [0.2, 0.25) is 21.8 Å². The van der Waals surface area contributed by atoms with Gasteiger partial charge in [-0.2, -0.15) is 4.31 Å². The molecule has 2 N–H and O–H groups in total. The van der Waals surface area contributed by atoms with E-state index in [-0.39, 0.29) is 36.4 Å². The van der Waals surface area contributed by atoms with Crippen LogP contribution in [0.5, 0.6) is 0 Å². The molecule has 0 unspecified atom stereocenters. The van der Waals surface area contributed by atoms with Gasteiger partial charge in [-0.1, -0.05) is 42.8 Å². The average molecular weight is 539 g/mol. The van der Waals surface area contributed by atoms with Gasteiger partial charge in [-0.05, 0) is 80.4 Å². The summed E-state index contributed by atoms with van der Waals surface area (Å²) >= 11 is 0. The standard InChI is InChI=1S/C29H38N4O4S/c1-21-8-3-4-11-27(21)38(36,37)33-17-14-30-29(35)26(33)19-28(34)31-25-10-7-9-23-18-22(12-13-24(23)25)20-32-15-5-2-6-16-32/h3-4,8,11-13,18,25-26H,2,5-7,9-10,14-17,19-20H2,1H3,(H,30,35)(H,31,34)/t25-,26-/m1/s1. The summed E-state index contributed by atoms with van der Waals surface area (Å²) < 4.78 is 28.2. The van der Waals surface area contributed by atoms with Crippen molar-refractivity contribution in [3.05, 3.63) is 64.7 Å². The maximum Gasteiger partial charge on any atom is 0.244 e. The third kappa shape index (κ3) is 5.80. The number of likely N-dealkylation sites (tertiary alicyclic amines) is 1. The van der Waals surface area contributed by atoms with Gasteiger partial charge < -0.3 is 10.6 Å². The summed E-state index contributed by atoms with van der Waals surface area (Å²) in [6, 6.07) is 12.1. The number of carbonyl (C=O) groups is 2. The Labute approximate surface area is 225 Å². The SMILES string of the molecule is Cc1ccccc1S(=O)(=O)N1CCNC(=O)[C@H]1CC(=O)N[C@@H]1CCCc2cc(CN3CCCCC3)ccc21. The van der Waals surface area contributed by atoms with Gasteiger partial charge in [-0.3, -0.25) is 14.5 Å². The summed E-state index contributed by atoms with van der Waals surface area (Å²) in [5, 5.41) is 5.85. The number of amides is 2. The van der Waals surface area contributed by atoms with E-state index in [0.717, 1.165) is 44.5 Å². The molecule has 0 aromatic heterocycles. The minimum Gasteiger partial charge on any atom is -0.353 e. The second-order valence-electron chi connectivity index (χ2n) is 10.8. The van der Waals surface area contributed by atoms with Crippen LogP contribution in [0.25, 0.3) is 0 Å². The van der Waals surface area contributed by atoms with E-state index >= 15 is 0 Å². The molecular weight excluding hydrogens is 500 g/mol. The highest BCUT2D eigenvalue weighted by Gasteiger charge is 2.40. The third-order valence-corrected chi connectivity index (χ3v) is 10.1. The van der Waals surface area contributed by atoms with Crippen LogP contribution in [0.4, 0.5) is 0 Å². The molecule has 2 aromatic carbocycles. The molecular formula is C29H38N4O4S. The molecule has 2 aliphatic heterocycles. The Morgan fingerprint density at radius 3 is 2.63 bits per heavy atom. The van der Waals surface area contributed by atoms with Gasteiger partial charge in [-0.15, -0.1) is 0 Å². The molecule has 0 saturated carbocycles. The molecule has 2 amide bonds. The first kappa shape index (κ1) is 26.8. The molecule has 0 radical (unpaired) electrons. The van der Waals surface area contributed by atoms with Crippen molar-refractivity contribution in [2.75, 3.05) is 26.2 Å². The van der Waals surface area contributed by atoms with Crippen molar-refractivity contribution in [2.45, 2.75) is 75.4 Å². The Morgan fingerprint density at radius 1 is 1.05 bits per heavy atom. The molecule has 9 heteroatoms. The highest BCUT2D eigenvalue weighted by Crippen LogP contribution is 2.31. The molecule has 204 valence electrons. The number of benzene rings is 2. The van der Waals surface area contributed by atoms with E-state index in [4.69, 9.17) is 0 Å². The summed E-state index contributed by atoms with van der Waals surface area (Å²) in [4.78, 5) is 28.7. The van der Waals surface area contributed by atoms with Crippen molar-refractivity contribution in [1.82, 2.24) is 19.8 Å². The summed E-state index contributed by atoms with van der Waals surface area (Å²) in [7, 11) is -3.93. The third-order valence-electron chi connectivity index (χ3n) is 8.05. The minimum absolute atomic E-state index is 0.131. The highest BCUT2D eigenvalue weighted by atomic mass is 32.2. The van der Waals surface area contributed by atoms with E-state index in [1.54, 1.807) is 31.2 Å². The van der Waals surface area contributed by atoms with E-state index in [1.807, 2.05) is 0 Å². The molecule has 38 heavy (non-hydrogen) atoms. The lowest BCUT2D eigenvalue weighted by molar-refractivity contribution is -0.132. The zero-order valence-electron chi connectivity index (χ0n) is 22.1. The van der Waals surface area contributed by atoms with Gasteiger partial charge in [0.25, 0.3) is 0 Å². The van der Waals surface area contributed by atoms with Crippen LogP contribution in [0.15, 0.2) is 47.4 Å². The number of nitrogens with one attached hydrogen (secondary N) is 2. The second kappa shape index (κ2) is 11.6. The van der Waals surface area contributed by atoms with Crippen molar-refractivity contribution in [1.29, 1.82) is 0 Å². The second-order valence-corrected chi connectivity index (χ2v) is 12.6. The monoisotopic (exact) mass is 538 g/mol. The predicted molar refractivity (Wildman–Crippen MR) is 146 cm³/mol. The molecule has 2 aromatic rings. The van der Waals surface area contributed by atoms with E-state index in [0.29, 0.717) is 5.56 Å². The summed E-state index contributed by atoms with van der Waals surface area (Å²) in [6.45, 7) is 5.36. The van der Waals surface area contributed by atoms with Crippen molar-refractivity contribution >= 4 is 21.8 Å². The fraction of sp³-hybridized carbons (Fsp3) is 0.517. The Bertz CT molecular complexity index is 1290. The number of rotatable bonds is 7. The first-order chi connectivity index (χ1) is 18.3. The fourth-order valence-corrected chi connectivity index (χ4v) is 7.88. The molecule has 1 aliphatic carbocycles. The van der Waals surface area contributed by atoms with E-state index in [2.05, 4.69) is 33.7 Å². The Hall–Kier alpha value is -2.75. The Morgan fingerprint density at radius 2 is 1.84 bits per heavy atom. The maximum atomic E-state index is 13.5. The smallest absolute Gasteiger partial charge is 0.244 e. The van der Waals surface area contributed by atoms with Gasteiger partial charge >= 0.3 is 0 Å². The molecule has 2 atom stereocenters. The first-order valence-electron chi connectivity index (χ1n) is 13.8. The van der Waals surface area contributed by atoms with Crippen molar-refractivity contribution in [3.63, 3.8) is 0 Å². The van der Waals surface area contributed by atoms with Crippen LogP contribution in [0.3, 0.4) is 0 Å². The van der Waals surface area contributed by atoms with Crippen LogP contribution in [0.2, 0.25) is 0 Å². The number of sulfonamides is 1. The number of hydrogen-bond donors (Lipinski definition) is 2. The molecule has 3 aliphatic rings. The van der Waals surface area contributed by atoms with E-state index in [1.165, 1.54) is 34.7 Å². The normalized spacial score (nSPS) is 22.9. The topological polar surface area (TPSA) is 98.8 Å². The number of fused-ring (bicyclic) bond motifs is 1. The first-order valence-corrected chi connectivity index (χ1v) is 15.3. The van der Waals surface area contributed by atoms with E-state index < -0.39 is 22.0 Å². The zero-order valence-corrected chi connectivity index (χ0v) is 22.9. The van der Waals surface area contributed by atoms with Gasteiger partial charge in [0.1, 0.15) is 6.04 Å². The van der Waals surface area contributed by atoms with Crippen LogP contribution in [0.1, 0.15) is 66.8 Å². The number of carbonyl (C=O) groups excluding carboxylic acids is 2. The lowest BCUT2D eigenvalue weighted by Crippen LogP contribution is -2.58. The quantitative estimate of drug-likeness (QED) is 0.565. The van der Waals surface area contributed by atoms with Crippen LogP contribution in [0, 0.1) is 6.92 Å². The summed E-state index contributed by atoms with van der Waals surface area (Å²) in [5.74, 6) is -0.748. The summed E-state index contributed by atoms with van der Waals surface area (Å²) in [6.07, 6.45) is 6.43. The predicted octanol–water partition coefficient (Wildman–Crippen LogP) is 3.05. The van der Waals surface area contributed by atoms with Crippen LogP contribution < -0.4 is 10.6 Å². The Balaban J connectivity index is 1.28. The van der Waals surface area contributed by atoms with Crippen LogP contribution >= 0.6 is 0 Å². The van der Waals surface area contributed by atoms with Crippen LogP contribution in [-0.4, -0.2) is 61.7 Å². The lowest BCUT2D eigenvalue weighted by Gasteiger charge is -2.34. The van der Waals surface area contributed by atoms with Gasteiger partial charge in [0.15, 0.2) is 0 Å². The zero-order chi connectivity index (χ0) is 26.7. The van der Waals surface area contributed by atoms with Gasteiger partial charge in [0, 0.05) is 19.6 Å². The van der Waals surface area contributed by atoms with Crippen molar-refractivity contribution in [2.24, 2.45) is 0 Å². The van der Waals surface area contributed by atoms with Gasteiger partial charge in [-0.25, -0.2) is 8.42 Å².